The highest BCUT2D eigenvalue weighted by atomic mass is 35.5. The topological polar surface area (TPSA) is 92.5 Å². The molecule has 0 bridgehead atoms. The minimum atomic E-state index is -1.27. The van der Waals surface area contributed by atoms with Crippen LogP contribution < -0.4 is 5.32 Å². The van der Waals surface area contributed by atoms with Gasteiger partial charge in [0.1, 0.15) is 16.5 Å². The van der Waals surface area contributed by atoms with Crippen LogP contribution in [0, 0.1) is 15.9 Å². The Morgan fingerprint density at radius 1 is 1.29 bits per heavy atom. The van der Waals surface area contributed by atoms with Crippen LogP contribution in [0.4, 0.5) is 21.5 Å². The first kappa shape index (κ1) is 14.7. The van der Waals surface area contributed by atoms with Crippen LogP contribution in [0.15, 0.2) is 36.4 Å². The molecule has 2 aromatic carbocycles. The number of para-hydroxylation sites is 1. The van der Waals surface area contributed by atoms with E-state index in [-0.39, 0.29) is 27.6 Å². The molecule has 2 rings (SSSR count). The highest BCUT2D eigenvalue weighted by Gasteiger charge is 2.19. The van der Waals surface area contributed by atoms with Gasteiger partial charge in [-0.1, -0.05) is 17.7 Å². The minimum Gasteiger partial charge on any atom is -0.478 e. The molecule has 21 heavy (non-hydrogen) atoms. The zero-order valence-corrected chi connectivity index (χ0v) is 11.1. The third-order valence-corrected chi connectivity index (χ3v) is 2.96. The first-order chi connectivity index (χ1) is 9.90. The van der Waals surface area contributed by atoms with E-state index < -0.39 is 16.7 Å². The van der Waals surface area contributed by atoms with Crippen molar-refractivity contribution in [1.29, 1.82) is 0 Å². The lowest BCUT2D eigenvalue weighted by Crippen LogP contribution is -2.02. The number of nitrogens with one attached hydrogen (secondary N) is 1. The summed E-state index contributed by atoms with van der Waals surface area (Å²) in [5, 5.41) is 22.2. The molecule has 0 unspecified atom stereocenters. The molecule has 0 aliphatic rings. The zero-order valence-electron chi connectivity index (χ0n) is 10.3. The molecule has 0 aliphatic heterocycles. The summed E-state index contributed by atoms with van der Waals surface area (Å²) < 4.78 is 13.8. The molecule has 0 aliphatic carbocycles. The van der Waals surface area contributed by atoms with E-state index in [1.807, 2.05) is 0 Å². The van der Waals surface area contributed by atoms with Gasteiger partial charge >= 0.3 is 11.7 Å². The summed E-state index contributed by atoms with van der Waals surface area (Å²) in [5.74, 6) is -2.11. The molecule has 0 atom stereocenters. The van der Waals surface area contributed by atoms with Gasteiger partial charge < -0.3 is 10.4 Å². The molecule has 6 nitrogen and oxygen atoms in total. The Kier molecular flexibility index (Phi) is 4.04. The van der Waals surface area contributed by atoms with Gasteiger partial charge in [0.05, 0.1) is 16.2 Å². The van der Waals surface area contributed by atoms with Crippen molar-refractivity contribution < 1.29 is 19.2 Å². The SMILES string of the molecule is O=C(O)c1ccc(Nc2cccc(Cl)c2[N+](=O)[O-])c(F)c1. The quantitative estimate of drug-likeness (QED) is 0.661. The Morgan fingerprint density at radius 3 is 2.57 bits per heavy atom. The molecule has 2 N–H and O–H groups in total. The number of aromatic carboxylic acids is 1. The van der Waals surface area contributed by atoms with E-state index in [1.54, 1.807) is 0 Å². The van der Waals surface area contributed by atoms with Gasteiger partial charge in [-0.15, -0.1) is 0 Å². The summed E-state index contributed by atoms with van der Waals surface area (Å²) in [6.07, 6.45) is 0. The summed E-state index contributed by atoms with van der Waals surface area (Å²) in [5.41, 5.74) is -0.695. The van der Waals surface area contributed by atoms with E-state index in [4.69, 9.17) is 16.7 Å². The van der Waals surface area contributed by atoms with Gasteiger partial charge in [0.2, 0.25) is 0 Å². The Labute approximate surface area is 122 Å². The standard InChI is InChI=1S/C13H8ClFN2O4/c14-8-2-1-3-11(12(8)17(20)21)16-10-5-4-7(13(18)19)6-9(10)15/h1-6,16H,(H,18,19). The van der Waals surface area contributed by atoms with Gasteiger partial charge in [-0.2, -0.15) is 0 Å². The summed E-state index contributed by atoms with van der Waals surface area (Å²) in [6.45, 7) is 0. The minimum absolute atomic E-state index is 0.00877. The van der Waals surface area contributed by atoms with Gasteiger partial charge in [0, 0.05) is 0 Å². The number of carboxylic acid groups (broad SMARTS) is 1. The van der Waals surface area contributed by atoms with Gasteiger partial charge in [-0.3, -0.25) is 10.1 Å². The van der Waals surface area contributed by atoms with Crippen molar-refractivity contribution >= 4 is 34.6 Å². The van der Waals surface area contributed by atoms with Crippen molar-refractivity contribution in [3.63, 3.8) is 0 Å². The summed E-state index contributed by atoms with van der Waals surface area (Å²) in [7, 11) is 0. The van der Waals surface area contributed by atoms with E-state index in [1.165, 1.54) is 30.3 Å². The fraction of sp³-hybridized carbons (Fsp3) is 0. The summed E-state index contributed by atoms with van der Waals surface area (Å²) >= 11 is 5.74. The average Bonchev–Trinajstić information content (AvgIpc) is 2.40. The van der Waals surface area contributed by atoms with E-state index in [2.05, 4.69) is 5.32 Å². The molecule has 2 aromatic rings. The van der Waals surface area contributed by atoms with Crippen LogP contribution in [0.5, 0.6) is 0 Å². The number of nitro benzene ring substituents is 1. The first-order valence-corrected chi connectivity index (χ1v) is 6.00. The predicted molar refractivity (Wildman–Crippen MR) is 74.7 cm³/mol. The number of anilines is 2. The lowest BCUT2D eigenvalue weighted by Gasteiger charge is -2.09. The molecule has 0 saturated carbocycles. The highest BCUT2D eigenvalue weighted by Crippen LogP contribution is 2.34. The van der Waals surface area contributed by atoms with Crippen LogP contribution in [-0.2, 0) is 0 Å². The second-order valence-corrected chi connectivity index (χ2v) is 4.43. The van der Waals surface area contributed by atoms with Crippen molar-refractivity contribution in [3.05, 3.63) is 62.9 Å². The normalized spacial score (nSPS) is 10.2. The molecular weight excluding hydrogens is 303 g/mol. The van der Waals surface area contributed by atoms with Crippen LogP contribution in [0.3, 0.4) is 0 Å². The number of benzene rings is 2. The number of hydrogen-bond acceptors (Lipinski definition) is 4. The number of hydrogen-bond donors (Lipinski definition) is 2. The molecule has 0 aromatic heterocycles. The molecular formula is C13H8ClFN2O4. The van der Waals surface area contributed by atoms with E-state index in [0.29, 0.717) is 0 Å². The average molecular weight is 311 g/mol. The van der Waals surface area contributed by atoms with Crippen molar-refractivity contribution in [2.45, 2.75) is 0 Å². The number of nitrogens with zero attached hydrogens (tertiary/aromatic N) is 1. The number of carboxylic acids is 1. The zero-order chi connectivity index (χ0) is 15.6. The smallest absolute Gasteiger partial charge is 0.335 e. The van der Waals surface area contributed by atoms with Crippen molar-refractivity contribution in [2.75, 3.05) is 5.32 Å². The largest absolute Gasteiger partial charge is 0.478 e. The molecule has 8 heteroatoms. The summed E-state index contributed by atoms with van der Waals surface area (Å²) in [4.78, 5) is 21.0. The second-order valence-electron chi connectivity index (χ2n) is 4.02. The Morgan fingerprint density at radius 2 is 2.00 bits per heavy atom. The fourth-order valence-electron chi connectivity index (χ4n) is 1.70. The van der Waals surface area contributed by atoms with Crippen LogP contribution in [0.1, 0.15) is 10.4 Å². The molecule has 108 valence electrons. The van der Waals surface area contributed by atoms with Crippen LogP contribution in [0.25, 0.3) is 0 Å². The Balaban J connectivity index is 2.42. The predicted octanol–water partition coefficient (Wildman–Crippen LogP) is 3.83. The highest BCUT2D eigenvalue weighted by molar-refractivity contribution is 6.33. The lowest BCUT2D eigenvalue weighted by atomic mass is 10.2. The first-order valence-electron chi connectivity index (χ1n) is 5.63. The van der Waals surface area contributed by atoms with Gasteiger partial charge in [-0.05, 0) is 30.3 Å². The van der Waals surface area contributed by atoms with Crippen molar-refractivity contribution in [3.8, 4) is 0 Å². The third-order valence-electron chi connectivity index (χ3n) is 2.65. The molecule has 0 saturated heterocycles. The van der Waals surface area contributed by atoms with E-state index >= 15 is 0 Å². The number of carbonyl (C=O) groups is 1. The Bertz CT molecular complexity index is 736. The maximum Gasteiger partial charge on any atom is 0.335 e. The fourth-order valence-corrected chi connectivity index (χ4v) is 1.94. The number of halogens is 2. The molecule has 0 radical (unpaired) electrons. The molecule has 0 heterocycles. The summed E-state index contributed by atoms with van der Waals surface area (Å²) in [6, 6.07) is 7.37. The van der Waals surface area contributed by atoms with Crippen LogP contribution >= 0.6 is 11.6 Å². The lowest BCUT2D eigenvalue weighted by molar-refractivity contribution is -0.383. The van der Waals surface area contributed by atoms with Crippen molar-refractivity contribution in [1.82, 2.24) is 0 Å². The van der Waals surface area contributed by atoms with Crippen molar-refractivity contribution in [2.24, 2.45) is 0 Å². The third kappa shape index (κ3) is 3.09. The monoisotopic (exact) mass is 310 g/mol. The van der Waals surface area contributed by atoms with Gasteiger partial charge in [0.25, 0.3) is 0 Å². The molecule has 0 fully saturated rings. The number of nitro groups is 1. The van der Waals surface area contributed by atoms with Crippen LogP contribution in [0.2, 0.25) is 5.02 Å². The Hall–Kier alpha value is -2.67. The van der Waals surface area contributed by atoms with Gasteiger partial charge in [0.15, 0.2) is 0 Å². The van der Waals surface area contributed by atoms with Gasteiger partial charge in [-0.25, -0.2) is 9.18 Å². The maximum atomic E-state index is 13.8. The number of rotatable bonds is 4. The van der Waals surface area contributed by atoms with E-state index in [9.17, 15) is 19.3 Å². The molecule has 0 amide bonds. The van der Waals surface area contributed by atoms with Crippen LogP contribution in [-0.4, -0.2) is 16.0 Å². The van der Waals surface area contributed by atoms with E-state index in [0.717, 1.165) is 6.07 Å². The second kappa shape index (κ2) is 5.76. The molecule has 0 spiro atoms. The maximum absolute atomic E-state index is 13.8.